The Bertz CT molecular complexity index is 339. The van der Waals surface area contributed by atoms with Crippen molar-refractivity contribution in [1.29, 1.82) is 0 Å². The average Bonchev–Trinajstić information content (AvgIpc) is 2.65. The lowest BCUT2D eigenvalue weighted by molar-refractivity contribution is 0.0931. The second kappa shape index (κ2) is 6.22. The van der Waals surface area contributed by atoms with E-state index < -0.39 is 13.0 Å². The van der Waals surface area contributed by atoms with Crippen molar-refractivity contribution in [2.24, 2.45) is 0 Å². The maximum Gasteiger partial charge on any atom is 0.267 e. The summed E-state index contributed by atoms with van der Waals surface area (Å²) in [6, 6.07) is 3.10. The van der Waals surface area contributed by atoms with Crippen molar-refractivity contribution in [1.82, 2.24) is 15.2 Å². The van der Waals surface area contributed by atoms with Gasteiger partial charge in [0.1, 0.15) is 5.69 Å². The second-order valence-electron chi connectivity index (χ2n) is 3.30. The molecule has 0 aromatic carbocycles. The number of alkyl halides is 2. The Balaban J connectivity index is 2.57. The summed E-state index contributed by atoms with van der Waals surface area (Å²) in [4.78, 5) is 11.6. The van der Waals surface area contributed by atoms with Crippen LogP contribution in [0.3, 0.4) is 0 Å². The highest BCUT2D eigenvalue weighted by molar-refractivity contribution is 5.92. The van der Waals surface area contributed by atoms with Crippen LogP contribution in [0.4, 0.5) is 8.78 Å². The van der Waals surface area contributed by atoms with E-state index in [1.165, 1.54) is 16.8 Å². The number of likely N-dealkylation sites (N-methyl/N-ethyl adjacent to an activating group) is 1. The fourth-order valence-corrected chi connectivity index (χ4v) is 1.32. The number of amides is 1. The van der Waals surface area contributed by atoms with Crippen LogP contribution in [-0.2, 0) is 6.54 Å². The summed E-state index contributed by atoms with van der Waals surface area (Å²) in [7, 11) is 1.77. The molecule has 1 heterocycles. The lowest BCUT2D eigenvalue weighted by Crippen LogP contribution is -2.32. The smallest absolute Gasteiger partial charge is 0.267 e. The summed E-state index contributed by atoms with van der Waals surface area (Å²) >= 11 is 0. The van der Waals surface area contributed by atoms with Gasteiger partial charge in [-0.25, -0.2) is 8.78 Å². The molecule has 0 saturated heterocycles. The first-order valence-corrected chi connectivity index (χ1v) is 5.01. The summed E-state index contributed by atoms with van der Waals surface area (Å²) in [6.07, 6.45) is -0.990. The van der Waals surface area contributed by atoms with Crippen LogP contribution in [-0.4, -0.2) is 37.0 Å². The van der Waals surface area contributed by atoms with E-state index in [0.717, 1.165) is 0 Å². The predicted molar refractivity (Wildman–Crippen MR) is 56.7 cm³/mol. The van der Waals surface area contributed by atoms with Crippen LogP contribution >= 0.6 is 0 Å². The van der Waals surface area contributed by atoms with Crippen LogP contribution in [0.1, 0.15) is 10.5 Å². The molecule has 1 amide bonds. The third-order valence-corrected chi connectivity index (χ3v) is 2.06. The van der Waals surface area contributed by atoms with E-state index in [4.69, 9.17) is 0 Å². The lowest BCUT2D eigenvalue weighted by atomic mass is 10.4. The Hall–Kier alpha value is -1.43. The van der Waals surface area contributed by atoms with Crippen molar-refractivity contribution in [2.75, 3.05) is 20.1 Å². The van der Waals surface area contributed by atoms with Crippen molar-refractivity contribution < 1.29 is 13.6 Å². The Labute approximate surface area is 92.6 Å². The van der Waals surface area contributed by atoms with Gasteiger partial charge in [-0.1, -0.05) is 0 Å². The van der Waals surface area contributed by atoms with Crippen molar-refractivity contribution in [2.45, 2.75) is 13.0 Å². The summed E-state index contributed by atoms with van der Waals surface area (Å²) < 4.78 is 25.6. The molecule has 0 atom stereocenters. The third-order valence-electron chi connectivity index (χ3n) is 2.06. The number of hydrogen-bond donors (Lipinski definition) is 2. The molecular weight excluding hydrogens is 216 g/mol. The minimum Gasteiger partial charge on any atom is -0.349 e. The maximum absolute atomic E-state index is 12.2. The van der Waals surface area contributed by atoms with Crippen molar-refractivity contribution in [3.8, 4) is 0 Å². The zero-order chi connectivity index (χ0) is 12.0. The van der Waals surface area contributed by atoms with Crippen LogP contribution in [0.2, 0.25) is 0 Å². The molecule has 0 bridgehead atoms. The SMILES string of the molecule is CNCCNC(=O)c1cccn1CC(F)F. The molecular formula is C10H15F2N3O. The Morgan fingerprint density at radius 3 is 2.88 bits per heavy atom. The summed E-state index contributed by atoms with van der Waals surface area (Å²) in [5, 5.41) is 5.51. The van der Waals surface area contributed by atoms with Gasteiger partial charge in [-0.2, -0.15) is 0 Å². The fourth-order valence-electron chi connectivity index (χ4n) is 1.32. The van der Waals surface area contributed by atoms with Crippen LogP contribution in [0, 0.1) is 0 Å². The van der Waals surface area contributed by atoms with Crippen molar-refractivity contribution in [3.63, 3.8) is 0 Å². The molecule has 1 aromatic heterocycles. The number of carbonyl (C=O) groups is 1. The molecule has 0 spiro atoms. The first-order valence-electron chi connectivity index (χ1n) is 5.01. The first kappa shape index (κ1) is 12.6. The van der Waals surface area contributed by atoms with Gasteiger partial charge in [0, 0.05) is 19.3 Å². The quantitative estimate of drug-likeness (QED) is 0.708. The zero-order valence-corrected chi connectivity index (χ0v) is 9.04. The highest BCUT2D eigenvalue weighted by atomic mass is 19.3. The fraction of sp³-hybridized carbons (Fsp3) is 0.500. The summed E-state index contributed by atoms with van der Waals surface area (Å²) in [5.74, 6) is -0.332. The minimum absolute atomic E-state index is 0.261. The molecule has 4 nitrogen and oxygen atoms in total. The van der Waals surface area contributed by atoms with Gasteiger partial charge in [-0.15, -0.1) is 0 Å². The van der Waals surface area contributed by atoms with Crippen LogP contribution in [0.25, 0.3) is 0 Å². The molecule has 0 aliphatic heterocycles. The van der Waals surface area contributed by atoms with Gasteiger partial charge in [0.15, 0.2) is 0 Å². The molecule has 0 aliphatic carbocycles. The number of halogens is 2. The number of nitrogens with zero attached hydrogens (tertiary/aromatic N) is 1. The van der Waals surface area contributed by atoms with E-state index in [0.29, 0.717) is 13.1 Å². The highest BCUT2D eigenvalue weighted by Crippen LogP contribution is 2.06. The number of hydrogen-bond acceptors (Lipinski definition) is 2. The molecule has 0 aliphatic rings. The largest absolute Gasteiger partial charge is 0.349 e. The summed E-state index contributed by atoms with van der Waals surface area (Å²) in [5.41, 5.74) is 0.261. The monoisotopic (exact) mass is 231 g/mol. The number of carbonyl (C=O) groups excluding carboxylic acids is 1. The normalized spacial score (nSPS) is 10.8. The molecule has 0 saturated carbocycles. The van der Waals surface area contributed by atoms with E-state index in [-0.39, 0.29) is 11.6 Å². The molecule has 90 valence electrons. The zero-order valence-electron chi connectivity index (χ0n) is 9.04. The molecule has 1 aromatic rings. The molecule has 1 rings (SSSR count). The standard InChI is InChI=1S/C10H15F2N3O/c1-13-4-5-14-10(16)8-3-2-6-15(8)7-9(11)12/h2-3,6,9,13H,4-5,7H2,1H3,(H,14,16). The van der Waals surface area contributed by atoms with E-state index in [1.54, 1.807) is 13.1 Å². The van der Waals surface area contributed by atoms with Crippen LogP contribution in [0.5, 0.6) is 0 Å². The average molecular weight is 231 g/mol. The molecule has 6 heteroatoms. The van der Waals surface area contributed by atoms with Gasteiger partial charge in [-0.3, -0.25) is 4.79 Å². The highest BCUT2D eigenvalue weighted by Gasteiger charge is 2.12. The van der Waals surface area contributed by atoms with Gasteiger partial charge < -0.3 is 15.2 Å². The Morgan fingerprint density at radius 2 is 2.25 bits per heavy atom. The van der Waals surface area contributed by atoms with Gasteiger partial charge in [0.2, 0.25) is 0 Å². The van der Waals surface area contributed by atoms with E-state index in [2.05, 4.69) is 10.6 Å². The minimum atomic E-state index is -2.46. The van der Waals surface area contributed by atoms with Gasteiger partial charge in [0.25, 0.3) is 12.3 Å². The predicted octanol–water partition coefficient (Wildman–Crippen LogP) is 0.702. The number of aromatic nitrogens is 1. The number of nitrogens with one attached hydrogen (secondary N) is 2. The second-order valence-corrected chi connectivity index (χ2v) is 3.30. The lowest BCUT2D eigenvalue weighted by Gasteiger charge is -2.08. The first-order chi connectivity index (χ1) is 7.65. The van der Waals surface area contributed by atoms with Gasteiger partial charge in [-0.05, 0) is 19.2 Å². The third kappa shape index (κ3) is 3.62. The van der Waals surface area contributed by atoms with E-state index >= 15 is 0 Å². The Morgan fingerprint density at radius 1 is 1.50 bits per heavy atom. The van der Waals surface area contributed by atoms with E-state index in [1.807, 2.05) is 0 Å². The van der Waals surface area contributed by atoms with Crippen molar-refractivity contribution in [3.05, 3.63) is 24.0 Å². The maximum atomic E-state index is 12.2. The van der Waals surface area contributed by atoms with Gasteiger partial charge >= 0.3 is 0 Å². The van der Waals surface area contributed by atoms with Crippen LogP contribution < -0.4 is 10.6 Å². The van der Waals surface area contributed by atoms with Crippen molar-refractivity contribution >= 4 is 5.91 Å². The van der Waals surface area contributed by atoms with Gasteiger partial charge in [0.05, 0.1) is 6.54 Å². The molecule has 0 unspecified atom stereocenters. The summed E-state index contributed by atoms with van der Waals surface area (Å²) in [6.45, 7) is 0.651. The number of rotatable bonds is 6. The molecule has 0 fully saturated rings. The van der Waals surface area contributed by atoms with E-state index in [9.17, 15) is 13.6 Å². The molecule has 0 radical (unpaired) electrons. The molecule has 16 heavy (non-hydrogen) atoms. The topological polar surface area (TPSA) is 46.1 Å². The molecule has 2 N–H and O–H groups in total. The van der Waals surface area contributed by atoms with Crippen LogP contribution in [0.15, 0.2) is 18.3 Å². The Kier molecular flexibility index (Phi) is 4.91.